The van der Waals surface area contributed by atoms with Gasteiger partial charge in [0.15, 0.2) is 0 Å². The minimum atomic E-state index is -0.630. The molecule has 0 amide bonds. The fraction of sp³-hybridized carbons (Fsp3) is 0.0312. The maximum Gasteiger partial charge on any atom is 0.133 e. The van der Waals surface area contributed by atoms with Crippen molar-refractivity contribution in [2.45, 2.75) is 10.8 Å². The second-order valence-electron chi connectivity index (χ2n) is 17.2. The van der Waals surface area contributed by atoms with Crippen LogP contribution in [0.25, 0.3) is 44.3 Å². The smallest absolute Gasteiger partial charge is 0.133 e. The van der Waals surface area contributed by atoms with Crippen LogP contribution >= 0.6 is 0 Å². The zero-order valence-electron chi connectivity index (χ0n) is 39.9. The normalized spacial score (nSPS) is 14.5. The quantitative estimate of drug-likeness (QED) is 0.151. The van der Waals surface area contributed by atoms with E-state index < -0.39 is 10.8 Å². The summed E-state index contributed by atoms with van der Waals surface area (Å²) in [5.41, 5.74) is 15.3. The second kappa shape index (κ2) is 15.1. The van der Waals surface area contributed by atoms with Crippen molar-refractivity contribution in [3.8, 4) is 33.4 Å². The van der Waals surface area contributed by atoms with Crippen molar-refractivity contribution < 1.29 is 9.90 Å². The topological polar surface area (TPSA) is 16.4 Å². The summed E-state index contributed by atoms with van der Waals surface area (Å²) in [4.78, 5) is 1.95. The average Bonchev–Trinajstić information content (AvgIpc) is 4.10. The van der Waals surface area contributed by atoms with Crippen molar-refractivity contribution in [1.82, 2.24) is 0 Å². The standard InChI is InChI=1S/C64H43NO/c1-5-17-47(18-6-1)63(48-19-7-2-8-20-48)58-27-15-13-25-54(58)56-42-52(34-36-60(56)63)65(51-32-29-44(30-33-51)45-31-38-62-46(41-45)39-40-66-62)53-35-37-61-57(43-53)55-26-14-16-28-59(55)64(61,49-21-9-3-10-22-49)50-23-11-4-12-24-50/h1-43H/i29D,30D,32D,33D. The van der Waals surface area contributed by atoms with Crippen LogP contribution in [0.4, 0.5) is 17.1 Å². The maximum absolute atomic E-state index is 9.95. The first-order valence-corrected chi connectivity index (χ1v) is 22.5. The molecule has 66 heavy (non-hydrogen) atoms. The van der Waals surface area contributed by atoms with Crippen LogP contribution in [-0.2, 0) is 10.8 Å². The molecule has 0 saturated heterocycles. The number of rotatable bonds is 8. The second-order valence-corrected chi connectivity index (χ2v) is 17.2. The summed E-state index contributed by atoms with van der Waals surface area (Å²) in [6, 6.07) is 79.8. The Hall–Kier alpha value is -8.46. The number of hydrogen-bond donors (Lipinski definition) is 0. The van der Waals surface area contributed by atoms with Gasteiger partial charge in [0.25, 0.3) is 0 Å². The van der Waals surface area contributed by atoms with Crippen molar-refractivity contribution in [3.63, 3.8) is 0 Å². The van der Waals surface area contributed by atoms with Gasteiger partial charge in [-0.25, -0.2) is 0 Å². The molecule has 1 aromatic heterocycles. The highest BCUT2D eigenvalue weighted by molar-refractivity contribution is 5.93. The van der Waals surface area contributed by atoms with Crippen molar-refractivity contribution in [2.24, 2.45) is 0 Å². The molecule has 0 atom stereocenters. The van der Waals surface area contributed by atoms with Gasteiger partial charge in [-0.3, -0.25) is 0 Å². The van der Waals surface area contributed by atoms with Crippen LogP contribution in [0, 0.1) is 0 Å². The van der Waals surface area contributed by atoms with Crippen LogP contribution in [0.2, 0.25) is 0 Å². The summed E-state index contributed by atoms with van der Waals surface area (Å²) in [5.74, 6) is 0. The van der Waals surface area contributed by atoms with Gasteiger partial charge in [-0.15, -0.1) is 0 Å². The molecule has 2 heteroatoms. The molecule has 0 N–H and O–H groups in total. The zero-order chi connectivity index (χ0) is 47.1. The van der Waals surface area contributed by atoms with Gasteiger partial charge in [0.2, 0.25) is 0 Å². The first kappa shape index (κ1) is 34.0. The first-order valence-electron chi connectivity index (χ1n) is 24.5. The molecule has 2 aliphatic rings. The molecular weight excluding hydrogens is 799 g/mol. The molecule has 310 valence electrons. The Morgan fingerprint density at radius 2 is 0.758 bits per heavy atom. The summed E-state index contributed by atoms with van der Waals surface area (Å²) in [6.45, 7) is 0. The summed E-state index contributed by atoms with van der Waals surface area (Å²) in [6.07, 6.45) is 1.61. The molecule has 0 unspecified atom stereocenters. The number of anilines is 3. The molecule has 13 rings (SSSR count). The monoisotopic (exact) mass is 845 g/mol. The number of fused-ring (bicyclic) bond motifs is 7. The van der Waals surface area contributed by atoms with Crippen LogP contribution in [0.1, 0.15) is 50.0 Å². The van der Waals surface area contributed by atoms with E-state index in [1.54, 1.807) is 12.3 Å². The summed E-state index contributed by atoms with van der Waals surface area (Å²) >= 11 is 0. The number of nitrogens with zero attached hydrogens (tertiary/aromatic N) is 1. The largest absolute Gasteiger partial charge is 0.464 e. The van der Waals surface area contributed by atoms with Gasteiger partial charge in [0.05, 0.1) is 22.6 Å². The molecule has 0 fully saturated rings. The third kappa shape index (κ3) is 5.55. The molecule has 2 nitrogen and oxygen atoms in total. The van der Waals surface area contributed by atoms with Crippen LogP contribution in [0.15, 0.2) is 265 Å². The molecule has 0 aliphatic heterocycles. The lowest BCUT2D eigenvalue weighted by atomic mass is 9.67. The molecular formula is C64H43NO. The van der Waals surface area contributed by atoms with Crippen LogP contribution in [0.3, 0.4) is 0 Å². The van der Waals surface area contributed by atoms with Gasteiger partial charge >= 0.3 is 0 Å². The summed E-state index contributed by atoms with van der Waals surface area (Å²) in [5, 5.41) is 0.820. The lowest BCUT2D eigenvalue weighted by Gasteiger charge is -2.34. The molecule has 1 heterocycles. The highest BCUT2D eigenvalue weighted by Gasteiger charge is 2.48. The van der Waals surface area contributed by atoms with Gasteiger partial charge < -0.3 is 9.32 Å². The maximum atomic E-state index is 9.95. The van der Waals surface area contributed by atoms with E-state index in [-0.39, 0.29) is 35.4 Å². The van der Waals surface area contributed by atoms with Crippen LogP contribution in [0.5, 0.6) is 0 Å². The molecule has 11 aromatic rings. The van der Waals surface area contributed by atoms with Gasteiger partial charge in [0, 0.05) is 22.4 Å². The molecule has 0 spiro atoms. The summed E-state index contributed by atoms with van der Waals surface area (Å²) in [7, 11) is 0. The Morgan fingerprint density at radius 1 is 0.333 bits per heavy atom. The molecule has 0 radical (unpaired) electrons. The Balaban J connectivity index is 1.09. The van der Waals surface area contributed by atoms with Crippen molar-refractivity contribution >= 4 is 28.0 Å². The van der Waals surface area contributed by atoms with E-state index in [9.17, 15) is 5.48 Å². The van der Waals surface area contributed by atoms with E-state index >= 15 is 0 Å². The molecule has 2 aliphatic carbocycles. The minimum absolute atomic E-state index is 0.124. The van der Waals surface area contributed by atoms with E-state index in [2.05, 4.69) is 206 Å². The minimum Gasteiger partial charge on any atom is -0.464 e. The van der Waals surface area contributed by atoms with Crippen molar-refractivity contribution in [3.05, 3.63) is 305 Å². The zero-order valence-corrected chi connectivity index (χ0v) is 35.9. The van der Waals surface area contributed by atoms with Gasteiger partial charge in [-0.2, -0.15) is 0 Å². The lowest BCUT2D eigenvalue weighted by molar-refractivity contribution is 0.616. The molecule has 0 saturated carbocycles. The number of hydrogen-bond acceptors (Lipinski definition) is 2. The Morgan fingerprint density at radius 3 is 1.23 bits per heavy atom. The van der Waals surface area contributed by atoms with Crippen LogP contribution in [-0.4, -0.2) is 0 Å². The first-order chi connectivity index (χ1) is 34.4. The Kier molecular flexibility index (Phi) is 7.77. The van der Waals surface area contributed by atoms with E-state index in [4.69, 9.17) is 4.42 Å². The van der Waals surface area contributed by atoms with Crippen molar-refractivity contribution in [2.75, 3.05) is 4.90 Å². The fourth-order valence-corrected chi connectivity index (χ4v) is 11.2. The number of furan rings is 1. The van der Waals surface area contributed by atoms with Crippen LogP contribution < -0.4 is 4.90 Å². The van der Waals surface area contributed by atoms with Crippen molar-refractivity contribution in [1.29, 1.82) is 0 Å². The van der Waals surface area contributed by atoms with E-state index in [0.717, 1.165) is 61.0 Å². The Labute approximate surface area is 391 Å². The molecule has 10 aromatic carbocycles. The SMILES string of the molecule is [2H]c1c([2H])c(N(c2ccc3c(c2)-c2ccccc2C3(c2ccccc2)c2ccccc2)c2ccc3c(c2)-c2ccccc2C3(c2ccccc2)c2ccccc2)c([2H])c([2H])c1-c1ccc2occc2c1. The van der Waals surface area contributed by atoms with Gasteiger partial charge in [0.1, 0.15) is 5.58 Å². The predicted molar refractivity (Wildman–Crippen MR) is 271 cm³/mol. The van der Waals surface area contributed by atoms with E-state index in [0.29, 0.717) is 22.5 Å². The third-order valence-corrected chi connectivity index (χ3v) is 14.0. The highest BCUT2D eigenvalue weighted by Crippen LogP contribution is 2.59. The summed E-state index contributed by atoms with van der Waals surface area (Å²) < 4.78 is 44.9. The average molecular weight is 846 g/mol. The highest BCUT2D eigenvalue weighted by atomic mass is 16.3. The fourth-order valence-electron chi connectivity index (χ4n) is 11.2. The van der Waals surface area contributed by atoms with Gasteiger partial charge in [-0.05, 0) is 132 Å². The van der Waals surface area contributed by atoms with E-state index in [1.807, 2.05) is 23.1 Å². The number of benzene rings is 10. The van der Waals surface area contributed by atoms with E-state index in [1.165, 1.54) is 11.1 Å². The van der Waals surface area contributed by atoms with Gasteiger partial charge in [-0.1, -0.05) is 200 Å². The third-order valence-electron chi connectivity index (χ3n) is 14.0. The predicted octanol–water partition coefficient (Wildman–Crippen LogP) is 16.3. The Bertz CT molecular complexity index is 3540. The lowest BCUT2D eigenvalue weighted by Crippen LogP contribution is -2.28. The molecule has 0 bridgehead atoms.